The Labute approximate surface area is 271 Å². The van der Waals surface area contributed by atoms with Crippen LogP contribution in [0.1, 0.15) is 15.9 Å². The van der Waals surface area contributed by atoms with Crippen LogP contribution in [0.5, 0.6) is 0 Å². The minimum absolute atomic E-state index is 0.0690. The van der Waals surface area contributed by atoms with E-state index in [9.17, 15) is 18.8 Å². The van der Waals surface area contributed by atoms with Crippen LogP contribution in [0.15, 0.2) is 125 Å². The van der Waals surface area contributed by atoms with Crippen LogP contribution in [0.4, 0.5) is 15.2 Å². The highest BCUT2D eigenvalue weighted by Gasteiger charge is 2.17. The van der Waals surface area contributed by atoms with Gasteiger partial charge in [0, 0.05) is 49.8 Å². The van der Waals surface area contributed by atoms with Crippen LogP contribution in [0, 0.1) is 5.82 Å². The molecule has 4 aromatic carbocycles. The number of halogens is 1. The molecule has 0 aliphatic heterocycles. The third-order valence-electron chi connectivity index (χ3n) is 6.80. The number of amides is 3. The Morgan fingerprint density at radius 3 is 2.50 bits per heavy atom. The van der Waals surface area contributed by atoms with Crippen LogP contribution in [-0.4, -0.2) is 33.4 Å². The van der Waals surface area contributed by atoms with Crippen LogP contribution in [-0.2, 0) is 9.59 Å². The second kappa shape index (κ2) is 14.1. The Morgan fingerprint density at radius 2 is 1.67 bits per heavy atom. The zero-order chi connectivity index (χ0) is 31.9. The standard InChI is InChI=1S/C35H26FN5O3S2/c36-25-15-13-22(14-16-25)31-20-46-35(40-31)41-32(42)21-45-27-10-6-9-26(18-27)38-34(44)30(39-33(43)23-7-2-1-3-8-23)17-24-19-37-29-12-5-4-11-28(24)29/h1-20,37H,21H2,(H,38,44)(H,39,43)(H,40,41,42)/b30-17-. The quantitative estimate of drug-likeness (QED) is 0.0904. The number of anilines is 2. The number of H-pyrrole nitrogens is 1. The molecule has 0 atom stereocenters. The normalized spacial score (nSPS) is 11.3. The molecule has 46 heavy (non-hydrogen) atoms. The molecule has 0 aliphatic carbocycles. The Balaban J connectivity index is 1.12. The number of fused-ring (bicyclic) bond motifs is 1. The van der Waals surface area contributed by atoms with Crippen molar-refractivity contribution in [3.63, 3.8) is 0 Å². The van der Waals surface area contributed by atoms with Gasteiger partial charge in [-0.3, -0.25) is 14.4 Å². The first kappa shape index (κ1) is 30.5. The summed E-state index contributed by atoms with van der Waals surface area (Å²) in [5.74, 6) is -1.38. The summed E-state index contributed by atoms with van der Waals surface area (Å²) in [6, 6.07) is 29.4. The fraction of sp³-hybridized carbons (Fsp3) is 0.0286. The Kier molecular flexibility index (Phi) is 9.32. The molecule has 0 spiro atoms. The van der Waals surface area contributed by atoms with E-state index >= 15 is 0 Å². The maximum atomic E-state index is 13.5. The number of para-hydroxylation sites is 1. The van der Waals surface area contributed by atoms with Gasteiger partial charge in [-0.25, -0.2) is 9.37 Å². The van der Waals surface area contributed by atoms with E-state index in [1.807, 2.05) is 36.4 Å². The van der Waals surface area contributed by atoms with Gasteiger partial charge in [-0.15, -0.1) is 23.1 Å². The van der Waals surface area contributed by atoms with Crippen molar-refractivity contribution >= 4 is 68.6 Å². The first-order valence-corrected chi connectivity index (χ1v) is 16.0. The first-order valence-electron chi connectivity index (χ1n) is 14.1. The summed E-state index contributed by atoms with van der Waals surface area (Å²) in [4.78, 5) is 47.6. The molecule has 0 saturated carbocycles. The Bertz CT molecular complexity index is 2060. The molecular formula is C35H26FN5O3S2. The van der Waals surface area contributed by atoms with Gasteiger partial charge in [0.1, 0.15) is 11.5 Å². The molecule has 4 N–H and O–H groups in total. The molecule has 0 unspecified atom stereocenters. The van der Waals surface area contributed by atoms with Crippen molar-refractivity contribution in [1.82, 2.24) is 15.3 Å². The molecule has 0 bridgehead atoms. The van der Waals surface area contributed by atoms with E-state index in [2.05, 4.69) is 25.9 Å². The highest BCUT2D eigenvalue weighted by Crippen LogP contribution is 2.27. The lowest BCUT2D eigenvalue weighted by Gasteiger charge is -2.12. The van der Waals surface area contributed by atoms with E-state index in [-0.39, 0.29) is 23.2 Å². The highest BCUT2D eigenvalue weighted by molar-refractivity contribution is 8.00. The number of nitrogens with zero attached hydrogens (tertiary/aromatic N) is 1. The molecule has 0 radical (unpaired) electrons. The van der Waals surface area contributed by atoms with Gasteiger partial charge in [-0.05, 0) is 66.7 Å². The molecule has 0 saturated heterocycles. The van der Waals surface area contributed by atoms with Crippen molar-refractivity contribution < 1.29 is 18.8 Å². The molecule has 0 fully saturated rings. The minimum atomic E-state index is -0.504. The average Bonchev–Trinajstić information content (AvgIpc) is 3.71. The summed E-state index contributed by atoms with van der Waals surface area (Å²) in [6.45, 7) is 0. The summed E-state index contributed by atoms with van der Waals surface area (Å²) in [6.07, 6.45) is 3.42. The first-order chi connectivity index (χ1) is 22.4. The van der Waals surface area contributed by atoms with Gasteiger partial charge < -0.3 is 20.9 Å². The molecule has 6 rings (SSSR count). The summed E-state index contributed by atoms with van der Waals surface area (Å²) in [7, 11) is 0. The van der Waals surface area contributed by atoms with Gasteiger partial charge >= 0.3 is 0 Å². The molecule has 3 amide bonds. The number of thioether (sulfide) groups is 1. The van der Waals surface area contributed by atoms with Crippen molar-refractivity contribution in [2.24, 2.45) is 0 Å². The van der Waals surface area contributed by atoms with E-state index in [4.69, 9.17) is 0 Å². The van der Waals surface area contributed by atoms with E-state index in [1.165, 1.54) is 35.2 Å². The van der Waals surface area contributed by atoms with Crippen molar-refractivity contribution in [2.45, 2.75) is 4.90 Å². The van der Waals surface area contributed by atoms with Crippen molar-refractivity contribution in [3.05, 3.63) is 137 Å². The van der Waals surface area contributed by atoms with Crippen LogP contribution in [0.25, 0.3) is 28.2 Å². The molecule has 2 aromatic heterocycles. The largest absolute Gasteiger partial charge is 0.361 e. The lowest BCUT2D eigenvalue weighted by atomic mass is 10.1. The highest BCUT2D eigenvalue weighted by atomic mass is 32.2. The molecule has 11 heteroatoms. The van der Waals surface area contributed by atoms with E-state index in [1.54, 1.807) is 72.3 Å². The predicted molar refractivity (Wildman–Crippen MR) is 182 cm³/mol. The number of nitrogens with one attached hydrogen (secondary N) is 4. The summed E-state index contributed by atoms with van der Waals surface area (Å²) >= 11 is 2.58. The number of hydrogen-bond acceptors (Lipinski definition) is 6. The molecule has 2 heterocycles. The van der Waals surface area contributed by atoms with Gasteiger partial charge in [-0.2, -0.15) is 0 Å². The molecule has 0 aliphatic rings. The van der Waals surface area contributed by atoms with Crippen LogP contribution in [0.2, 0.25) is 0 Å². The number of benzene rings is 4. The van der Waals surface area contributed by atoms with E-state index < -0.39 is 11.8 Å². The Morgan fingerprint density at radius 1 is 0.891 bits per heavy atom. The van der Waals surface area contributed by atoms with Crippen LogP contribution in [0.3, 0.4) is 0 Å². The predicted octanol–water partition coefficient (Wildman–Crippen LogP) is 7.57. The smallest absolute Gasteiger partial charge is 0.272 e. The third-order valence-corrected chi connectivity index (χ3v) is 8.55. The molecular weight excluding hydrogens is 622 g/mol. The maximum Gasteiger partial charge on any atom is 0.272 e. The summed E-state index contributed by atoms with van der Waals surface area (Å²) < 4.78 is 13.2. The number of thiazole rings is 1. The fourth-order valence-electron chi connectivity index (χ4n) is 4.56. The maximum absolute atomic E-state index is 13.5. The lowest BCUT2D eigenvalue weighted by Crippen LogP contribution is -2.30. The second-order valence-electron chi connectivity index (χ2n) is 10.0. The number of hydrogen-bond donors (Lipinski definition) is 4. The topological polar surface area (TPSA) is 116 Å². The van der Waals surface area contributed by atoms with Crippen molar-refractivity contribution in [2.75, 3.05) is 16.4 Å². The van der Waals surface area contributed by atoms with Crippen molar-refractivity contribution in [1.29, 1.82) is 0 Å². The number of carbonyl (C=O) groups is 3. The van der Waals surface area contributed by atoms with Crippen molar-refractivity contribution in [3.8, 4) is 11.3 Å². The number of aromatic nitrogens is 2. The van der Waals surface area contributed by atoms with Gasteiger partial charge in [0.25, 0.3) is 11.8 Å². The number of rotatable bonds is 10. The minimum Gasteiger partial charge on any atom is -0.361 e. The van der Waals surface area contributed by atoms with Gasteiger partial charge in [0.05, 0.1) is 11.4 Å². The van der Waals surface area contributed by atoms with E-state index in [0.29, 0.717) is 22.1 Å². The van der Waals surface area contributed by atoms with Crippen LogP contribution >= 0.6 is 23.1 Å². The zero-order valence-electron chi connectivity index (χ0n) is 24.1. The molecule has 228 valence electrons. The average molecular weight is 648 g/mol. The third kappa shape index (κ3) is 7.57. The lowest BCUT2D eigenvalue weighted by molar-refractivity contribution is -0.114. The Hall–Kier alpha value is -5.52. The zero-order valence-corrected chi connectivity index (χ0v) is 25.8. The fourth-order valence-corrected chi connectivity index (χ4v) is 6.05. The van der Waals surface area contributed by atoms with Gasteiger partial charge in [0.15, 0.2) is 5.13 Å². The monoisotopic (exact) mass is 647 g/mol. The van der Waals surface area contributed by atoms with E-state index in [0.717, 1.165) is 26.9 Å². The second-order valence-corrected chi connectivity index (χ2v) is 11.9. The number of aromatic amines is 1. The SMILES string of the molecule is O=C(CSc1cccc(NC(=O)/C(=C/c2c[nH]c3ccccc23)NC(=O)c2ccccc2)c1)Nc1nc(-c2ccc(F)cc2)cs1. The summed E-state index contributed by atoms with van der Waals surface area (Å²) in [5.41, 5.74) is 4.04. The molecule has 8 nitrogen and oxygen atoms in total. The molecule has 6 aromatic rings. The summed E-state index contributed by atoms with van der Waals surface area (Å²) in [5, 5.41) is 11.6. The van der Waals surface area contributed by atoms with Gasteiger partial charge in [0.2, 0.25) is 5.91 Å². The van der Waals surface area contributed by atoms with Gasteiger partial charge in [-0.1, -0.05) is 42.5 Å². The number of carbonyl (C=O) groups excluding carboxylic acids is 3. The van der Waals surface area contributed by atoms with Crippen LogP contribution < -0.4 is 16.0 Å².